The topological polar surface area (TPSA) is 128 Å². The quantitative estimate of drug-likeness (QED) is 0.481. The number of hydrogen-bond donors (Lipinski definition) is 4. The molecule has 0 bridgehead atoms. The molecule has 1 amide bonds. The van der Waals surface area contributed by atoms with E-state index in [1.54, 1.807) is 0 Å². The fourth-order valence-electron chi connectivity index (χ4n) is 8.56. The van der Waals surface area contributed by atoms with E-state index in [0.29, 0.717) is 41.7 Å². The Morgan fingerprint density at radius 3 is 2.51 bits per heavy atom. The first-order valence-electron chi connectivity index (χ1n) is 13.7. The largest absolute Gasteiger partial charge is 0.508 e. The lowest BCUT2D eigenvalue weighted by Crippen LogP contribution is -2.69. The van der Waals surface area contributed by atoms with E-state index in [-0.39, 0.29) is 30.0 Å². The molecule has 0 unspecified atom stereocenters. The highest BCUT2D eigenvalue weighted by atomic mass is 16.5. The van der Waals surface area contributed by atoms with Gasteiger partial charge >= 0.3 is 5.97 Å². The van der Waals surface area contributed by atoms with Crippen molar-refractivity contribution in [3.63, 3.8) is 0 Å². The van der Waals surface area contributed by atoms with Crippen molar-refractivity contribution < 1.29 is 34.8 Å². The molecule has 2 fully saturated rings. The lowest BCUT2D eigenvalue weighted by atomic mass is 9.43. The normalized spacial score (nSPS) is 37.5. The number of benzene rings is 1. The van der Waals surface area contributed by atoms with Gasteiger partial charge in [-0.1, -0.05) is 48.0 Å². The summed E-state index contributed by atoms with van der Waals surface area (Å²) in [5.74, 6) is -1.00. The molecule has 204 valence electrons. The van der Waals surface area contributed by atoms with Gasteiger partial charge in [0, 0.05) is 23.0 Å². The molecule has 4 aliphatic rings. The van der Waals surface area contributed by atoms with Gasteiger partial charge in [-0.2, -0.15) is 0 Å². The minimum Gasteiger partial charge on any atom is -0.508 e. The van der Waals surface area contributed by atoms with Gasteiger partial charge in [0.2, 0.25) is 0 Å². The van der Waals surface area contributed by atoms with Crippen LogP contribution in [0.4, 0.5) is 0 Å². The molecule has 8 atom stereocenters. The molecule has 5 rings (SSSR count). The van der Waals surface area contributed by atoms with Crippen LogP contribution >= 0.6 is 0 Å². The third kappa shape index (κ3) is 3.33. The van der Waals surface area contributed by atoms with Crippen LogP contribution in [0.25, 0.3) is 0 Å². The molecule has 0 radical (unpaired) electrons. The number of ether oxygens (including phenoxy) is 1. The van der Waals surface area contributed by atoms with E-state index in [0.717, 1.165) is 12.8 Å². The van der Waals surface area contributed by atoms with Crippen molar-refractivity contribution in [1.82, 2.24) is 4.90 Å². The van der Waals surface area contributed by atoms with Crippen molar-refractivity contribution in [3.8, 4) is 11.5 Å². The highest BCUT2D eigenvalue weighted by Crippen LogP contribution is 2.67. The maximum Gasteiger partial charge on any atom is 0.326 e. The van der Waals surface area contributed by atoms with E-state index >= 15 is 0 Å². The number of amides is 1. The Kier molecular flexibility index (Phi) is 5.93. The number of carbonyl (C=O) groups excluding carboxylic acids is 1. The van der Waals surface area contributed by atoms with Gasteiger partial charge in [-0.3, -0.25) is 4.79 Å². The number of aliphatic carboxylic acids is 1. The Morgan fingerprint density at radius 1 is 1.22 bits per heavy atom. The van der Waals surface area contributed by atoms with Gasteiger partial charge in [-0.25, -0.2) is 4.79 Å². The number of fused-ring (bicyclic) bond motifs is 5. The van der Waals surface area contributed by atoms with Gasteiger partial charge < -0.3 is 30.1 Å². The van der Waals surface area contributed by atoms with Crippen LogP contribution in [0, 0.1) is 28.6 Å². The van der Waals surface area contributed by atoms with Gasteiger partial charge in [-0.05, 0) is 48.5 Å². The molecular weight excluding hydrogens is 474 g/mol. The Bertz CT molecular complexity index is 1150. The molecule has 2 aliphatic heterocycles. The SMILES string of the molecule is CC[C@@H](C)[C@@H](C(=O)O)N1Cc2c(cc(O)c3c2O[C@]2(C3)[C@H](C)CC[C@@H]3C(C)(C)[C@H](O)[C@H](O)C[C@@]32C)C1=O. The molecule has 0 saturated heterocycles. The number of aliphatic hydroxyl groups excluding tert-OH is 2. The van der Waals surface area contributed by atoms with Crippen LogP contribution < -0.4 is 4.74 Å². The number of aromatic hydroxyl groups is 1. The van der Waals surface area contributed by atoms with Crippen LogP contribution in [0.5, 0.6) is 11.5 Å². The molecule has 1 aromatic carbocycles. The molecule has 8 nitrogen and oxygen atoms in total. The van der Waals surface area contributed by atoms with Gasteiger partial charge in [0.1, 0.15) is 23.1 Å². The third-order valence-electron chi connectivity index (χ3n) is 10.9. The number of carbonyl (C=O) groups is 2. The summed E-state index contributed by atoms with van der Waals surface area (Å²) in [6.45, 7) is 12.2. The van der Waals surface area contributed by atoms with Crippen molar-refractivity contribution in [2.75, 3.05) is 0 Å². The van der Waals surface area contributed by atoms with Gasteiger partial charge in [0.15, 0.2) is 0 Å². The lowest BCUT2D eigenvalue weighted by molar-refractivity contribution is -0.240. The van der Waals surface area contributed by atoms with Crippen molar-refractivity contribution >= 4 is 11.9 Å². The number of hydrogen-bond acceptors (Lipinski definition) is 6. The highest BCUT2D eigenvalue weighted by molar-refractivity contribution is 6.02. The van der Waals surface area contributed by atoms with Crippen molar-refractivity contribution in [1.29, 1.82) is 0 Å². The van der Waals surface area contributed by atoms with E-state index in [2.05, 4.69) is 13.8 Å². The Balaban J connectivity index is 1.59. The molecule has 0 aromatic heterocycles. The predicted octanol–water partition coefficient (Wildman–Crippen LogP) is 3.73. The lowest BCUT2D eigenvalue weighted by Gasteiger charge is -2.64. The van der Waals surface area contributed by atoms with E-state index in [1.165, 1.54) is 11.0 Å². The zero-order valence-corrected chi connectivity index (χ0v) is 22.7. The number of aliphatic hydroxyl groups is 2. The summed E-state index contributed by atoms with van der Waals surface area (Å²) in [5.41, 5.74) is -0.170. The Morgan fingerprint density at radius 2 is 1.89 bits per heavy atom. The summed E-state index contributed by atoms with van der Waals surface area (Å²) in [7, 11) is 0. The van der Waals surface area contributed by atoms with E-state index in [4.69, 9.17) is 4.74 Å². The van der Waals surface area contributed by atoms with Crippen LogP contribution in [0.3, 0.4) is 0 Å². The van der Waals surface area contributed by atoms with E-state index in [9.17, 15) is 30.0 Å². The second kappa shape index (κ2) is 8.34. The first kappa shape index (κ1) is 26.3. The predicted molar refractivity (Wildman–Crippen MR) is 136 cm³/mol. The van der Waals surface area contributed by atoms with Crippen LogP contribution in [-0.4, -0.2) is 61.1 Å². The molecular formula is C29H41NO7. The van der Waals surface area contributed by atoms with Crippen LogP contribution in [0.1, 0.15) is 88.7 Å². The first-order valence-corrected chi connectivity index (χ1v) is 13.7. The molecule has 8 heteroatoms. The summed E-state index contributed by atoms with van der Waals surface area (Å²) < 4.78 is 6.97. The summed E-state index contributed by atoms with van der Waals surface area (Å²) in [6.07, 6.45) is 1.48. The zero-order valence-electron chi connectivity index (χ0n) is 22.7. The summed E-state index contributed by atoms with van der Waals surface area (Å²) in [6, 6.07) is 0.509. The van der Waals surface area contributed by atoms with Gasteiger partial charge in [0.05, 0.1) is 24.3 Å². The van der Waals surface area contributed by atoms with Crippen LogP contribution in [0.15, 0.2) is 6.07 Å². The first-order chi connectivity index (χ1) is 17.2. The standard InChI is InChI=1S/C29H41NO7/c1-7-14(2)22(26(35)36)30-13-18-16(25(30)34)10-19(31)17-11-29(37-23(17)18)15(3)8-9-21-27(4,5)24(33)20(32)12-28(21,29)6/h10,14-15,20-22,24,31-33H,7-9,11-13H2,1-6H3,(H,35,36)/t14-,15-,20-,21-,22+,24-,28+,29-/m1/s1. The highest BCUT2D eigenvalue weighted by Gasteiger charge is 2.69. The minimum atomic E-state index is -1.04. The average Bonchev–Trinajstić information content (AvgIpc) is 3.37. The number of rotatable bonds is 4. The molecule has 2 saturated carbocycles. The van der Waals surface area contributed by atoms with Crippen molar-refractivity contribution in [3.05, 3.63) is 22.8 Å². The van der Waals surface area contributed by atoms with Crippen LogP contribution in [0.2, 0.25) is 0 Å². The molecule has 2 aliphatic carbocycles. The van der Waals surface area contributed by atoms with Crippen molar-refractivity contribution in [2.45, 2.75) is 104 Å². The van der Waals surface area contributed by atoms with E-state index in [1.807, 2.05) is 27.7 Å². The summed E-state index contributed by atoms with van der Waals surface area (Å²) >= 11 is 0. The maximum absolute atomic E-state index is 13.4. The number of carboxylic acids is 1. The maximum atomic E-state index is 13.4. The number of phenolic OH excluding ortho intramolecular Hbond substituents is 1. The second-order valence-corrected chi connectivity index (χ2v) is 13.0. The van der Waals surface area contributed by atoms with Crippen molar-refractivity contribution in [2.24, 2.45) is 28.6 Å². The van der Waals surface area contributed by atoms with E-state index < -0.39 is 46.6 Å². The Hall–Kier alpha value is -2.32. The molecule has 1 spiro atoms. The molecule has 2 heterocycles. The number of phenols is 1. The summed E-state index contributed by atoms with van der Waals surface area (Å²) in [5, 5.41) is 42.9. The van der Waals surface area contributed by atoms with Crippen LogP contribution in [-0.2, 0) is 17.8 Å². The van der Waals surface area contributed by atoms with Gasteiger partial charge in [0.25, 0.3) is 5.91 Å². The molecule has 1 aromatic rings. The zero-order chi connectivity index (χ0) is 27.2. The second-order valence-electron chi connectivity index (χ2n) is 13.0. The smallest absolute Gasteiger partial charge is 0.326 e. The molecule has 4 N–H and O–H groups in total. The molecule has 37 heavy (non-hydrogen) atoms. The van der Waals surface area contributed by atoms with Gasteiger partial charge in [-0.15, -0.1) is 0 Å². The average molecular weight is 516 g/mol. The fourth-order valence-corrected chi connectivity index (χ4v) is 8.56. The third-order valence-corrected chi connectivity index (χ3v) is 10.9. The number of nitrogens with zero attached hydrogens (tertiary/aromatic N) is 1. The fraction of sp³-hybridized carbons (Fsp3) is 0.724. The monoisotopic (exact) mass is 515 g/mol. The Labute approximate surface area is 218 Å². The summed E-state index contributed by atoms with van der Waals surface area (Å²) in [4.78, 5) is 27.0. The number of carboxylic acid groups (broad SMARTS) is 1. The minimum absolute atomic E-state index is 0.00943.